The predicted molar refractivity (Wildman–Crippen MR) is 107 cm³/mol. The van der Waals surface area contributed by atoms with Gasteiger partial charge in [0.05, 0.1) is 17.1 Å². The fourth-order valence-electron chi connectivity index (χ4n) is 3.04. The largest absolute Gasteiger partial charge is 0.264 e. The molecule has 0 aliphatic rings. The molecule has 0 spiro atoms. The molecule has 1 N–H and O–H groups in total. The molecule has 0 atom stereocenters. The van der Waals surface area contributed by atoms with Gasteiger partial charge in [0, 0.05) is 6.07 Å². The van der Waals surface area contributed by atoms with Crippen LogP contribution < -0.4 is 4.72 Å². The Hall–Kier alpha value is -3.12. The van der Waals surface area contributed by atoms with Crippen LogP contribution in [-0.4, -0.2) is 18.2 Å². The number of anilines is 1. The Morgan fingerprint density at radius 2 is 1.59 bits per heavy atom. The first-order chi connectivity index (χ1) is 13.0. The van der Waals surface area contributed by atoms with E-state index in [-0.39, 0.29) is 4.90 Å². The molecule has 0 unspecified atom stereocenters. The maximum Gasteiger partial charge on any atom is 0.263 e. The van der Waals surface area contributed by atoms with Gasteiger partial charge in [-0.2, -0.15) is 5.10 Å². The molecular weight excluding hydrogens is 358 g/mol. The maximum atomic E-state index is 12.9. The van der Waals surface area contributed by atoms with Crippen molar-refractivity contribution in [3.63, 3.8) is 0 Å². The highest BCUT2D eigenvalue weighted by Crippen LogP contribution is 2.22. The van der Waals surface area contributed by atoms with E-state index in [2.05, 4.69) is 9.82 Å². The van der Waals surface area contributed by atoms with Crippen molar-refractivity contribution in [2.24, 2.45) is 0 Å². The van der Waals surface area contributed by atoms with Gasteiger partial charge in [0.25, 0.3) is 10.0 Å². The third-order valence-corrected chi connectivity index (χ3v) is 5.70. The first-order valence-electron chi connectivity index (χ1n) is 8.61. The van der Waals surface area contributed by atoms with Gasteiger partial charge in [0.15, 0.2) is 0 Å². The van der Waals surface area contributed by atoms with Crippen LogP contribution >= 0.6 is 0 Å². The molecule has 0 aliphatic carbocycles. The van der Waals surface area contributed by atoms with Crippen molar-refractivity contribution in [2.45, 2.75) is 18.4 Å². The number of nitrogens with one attached hydrogen (secondary N) is 1. The smallest absolute Gasteiger partial charge is 0.263 e. The minimum Gasteiger partial charge on any atom is -0.264 e. The van der Waals surface area contributed by atoms with Crippen molar-refractivity contribution in [3.05, 3.63) is 90.1 Å². The van der Waals surface area contributed by atoms with Crippen LogP contribution in [0.3, 0.4) is 0 Å². The number of rotatable bonds is 5. The molecule has 4 aromatic rings. The van der Waals surface area contributed by atoms with Gasteiger partial charge in [-0.3, -0.25) is 4.72 Å². The van der Waals surface area contributed by atoms with Gasteiger partial charge in [0.2, 0.25) is 0 Å². The summed E-state index contributed by atoms with van der Waals surface area (Å²) in [7, 11) is -3.72. The summed E-state index contributed by atoms with van der Waals surface area (Å²) in [6, 6.07) is 24.4. The monoisotopic (exact) mass is 377 g/mol. The highest BCUT2D eigenvalue weighted by atomic mass is 32.2. The van der Waals surface area contributed by atoms with Crippen molar-refractivity contribution in [2.75, 3.05) is 4.72 Å². The summed E-state index contributed by atoms with van der Waals surface area (Å²) in [6.07, 6.45) is 0. The van der Waals surface area contributed by atoms with Gasteiger partial charge in [-0.25, -0.2) is 13.1 Å². The van der Waals surface area contributed by atoms with Crippen LogP contribution in [0.4, 0.5) is 5.82 Å². The summed E-state index contributed by atoms with van der Waals surface area (Å²) in [4.78, 5) is 0.228. The zero-order chi connectivity index (χ0) is 18.9. The molecule has 0 saturated carbocycles. The van der Waals surface area contributed by atoms with Crippen molar-refractivity contribution in [3.8, 4) is 0 Å². The Kier molecular flexibility index (Phi) is 4.41. The molecule has 0 saturated heterocycles. The number of nitrogens with zero attached hydrogens (tertiary/aromatic N) is 2. The molecule has 1 aromatic heterocycles. The second-order valence-electron chi connectivity index (χ2n) is 6.43. The zero-order valence-electron chi connectivity index (χ0n) is 14.8. The van der Waals surface area contributed by atoms with Crippen LogP contribution in [0.2, 0.25) is 0 Å². The van der Waals surface area contributed by atoms with Gasteiger partial charge >= 0.3 is 0 Å². The molecule has 0 aliphatic heterocycles. The third-order valence-electron chi connectivity index (χ3n) is 4.35. The first-order valence-corrected chi connectivity index (χ1v) is 10.1. The molecule has 0 bridgehead atoms. The summed E-state index contributed by atoms with van der Waals surface area (Å²) in [5.41, 5.74) is 1.80. The van der Waals surface area contributed by atoms with E-state index < -0.39 is 10.0 Å². The SMILES string of the molecule is Cc1cc(NS(=O)(=O)c2ccc3ccccc3c2)n(Cc2ccccc2)n1. The Balaban J connectivity index is 1.66. The lowest BCUT2D eigenvalue weighted by molar-refractivity contribution is 0.599. The van der Waals surface area contributed by atoms with E-state index in [0.717, 1.165) is 22.0 Å². The number of fused-ring (bicyclic) bond motifs is 1. The van der Waals surface area contributed by atoms with Crippen LogP contribution in [0.15, 0.2) is 83.8 Å². The molecule has 0 radical (unpaired) electrons. The molecule has 0 fully saturated rings. The Bertz CT molecular complexity index is 1200. The van der Waals surface area contributed by atoms with E-state index in [1.54, 1.807) is 22.9 Å². The standard InChI is InChI=1S/C21H19N3O2S/c1-16-13-21(24(22-16)15-17-7-3-2-4-8-17)23-27(25,26)20-12-11-18-9-5-6-10-19(18)14-20/h2-14,23H,15H2,1H3. The Morgan fingerprint density at radius 1 is 0.889 bits per heavy atom. The molecule has 6 heteroatoms. The van der Waals surface area contributed by atoms with Crippen LogP contribution in [0.5, 0.6) is 0 Å². The van der Waals surface area contributed by atoms with Crippen LogP contribution in [0.25, 0.3) is 10.8 Å². The average molecular weight is 377 g/mol. The highest BCUT2D eigenvalue weighted by Gasteiger charge is 2.18. The Morgan fingerprint density at radius 3 is 2.37 bits per heavy atom. The van der Waals surface area contributed by atoms with Crippen LogP contribution in [0.1, 0.15) is 11.3 Å². The second-order valence-corrected chi connectivity index (χ2v) is 8.11. The molecule has 27 heavy (non-hydrogen) atoms. The molecule has 3 aromatic carbocycles. The third kappa shape index (κ3) is 3.71. The van der Waals surface area contributed by atoms with E-state index in [9.17, 15) is 8.42 Å². The van der Waals surface area contributed by atoms with Gasteiger partial charge in [0.1, 0.15) is 5.82 Å². The normalized spacial score (nSPS) is 11.6. The number of aryl methyl sites for hydroxylation is 1. The summed E-state index contributed by atoms with van der Waals surface area (Å²) in [5.74, 6) is 0.449. The summed E-state index contributed by atoms with van der Waals surface area (Å²) in [5, 5.41) is 6.31. The number of hydrogen-bond donors (Lipinski definition) is 1. The highest BCUT2D eigenvalue weighted by molar-refractivity contribution is 7.92. The van der Waals surface area contributed by atoms with Crippen molar-refractivity contribution in [1.29, 1.82) is 0 Å². The lowest BCUT2D eigenvalue weighted by atomic mass is 10.1. The molecule has 136 valence electrons. The minimum absolute atomic E-state index is 0.228. The Labute approximate surface area is 158 Å². The summed E-state index contributed by atoms with van der Waals surface area (Å²) < 4.78 is 30.2. The molecular formula is C21H19N3O2S. The minimum atomic E-state index is -3.72. The fourth-order valence-corrected chi connectivity index (χ4v) is 4.12. The molecule has 4 rings (SSSR count). The van der Waals surface area contributed by atoms with Gasteiger partial charge in [-0.15, -0.1) is 0 Å². The fraction of sp³-hybridized carbons (Fsp3) is 0.0952. The van der Waals surface area contributed by atoms with E-state index in [1.807, 2.05) is 67.6 Å². The van der Waals surface area contributed by atoms with E-state index in [4.69, 9.17) is 0 Å². The molecule has 1 heterocycles. The lowest BCUT2D eigenvalue weighted by Crippen LogP contribution is -2.16. The van der Waals surface area contributed by atoms with Crippen LogP contribution in [0, 0.1) is 6.92 Å². The van der Waals surface area contributed by atoms with Gasteiger partial charge < -0.3 is 0 Å². The number of sulfonamides is 1. The molecule has 5 nitrogen and oxygen atoms in total. The average Bonchev–Trinajstić information content (AvgIpc) is 3.00. The van der Waals surface area contributed by atoms with E-state index in [1.165, 1.54) is 0 Å². The zero-order valence-corrected chi connectivity index (χ0v) is 15.6. The second kappa shape index (κ2) is 6.89. The topological polar surface area (TPSA) is 64.0 Å². The van der Waals surface area contributed by atoms with Crippen molar-refractivity contribution < 1.29 is 8.42 Å². The van der Waals surface area contributed by atoms with Crippen LogP contribution in [-0.2, 0) is 16.6 Å². The number of benzene rings is 3. The number of aromatic nitrogens is 2. The van der Waals surface area contributed by atoms with E-state index in [0.29, 0.717) is 12.4 Å². The summed E-state index contributed by atoms with van der Waals surface area (Å²) in [6.45, 7) is 2.33. The maximum absolute atomic E-state index is 12.9. The summed E-state index contributed by atoms with van der Waals surface area (Å²) >= 11 is 0. The quantitative estimate of drug-likeness (QED) is 0.567. The van der Waals surface area contributed by atoms with Crippen molar-refractivity contribution in [1.82, 2.24) is 9.78 Å². The first kappa shape index (κ1) is 17.3. The van der Waals surface area contributed by atoms with Gasteiger partial charge in [-0.05, 0) is 35.4 Å². The van der Waals surface area contributed by atoms with E-state index >= 15 is 0 Å². The number of hydrogen-bond acceptors (Lipinski definition) is 3. The molecule has 0 amide bonds. The van der Waals surface area contributed by atoms with Crippen molar-refractivity contribution >= 4 is 26.6 Å². The predicted octanol–water partition coefficient (Wildman–Crippen LogP) is 4.19. The lowest BCUT2D eigenvalue weighted by Gasteiger charge is -2.11. The van der Waals surface area contributed by atoms with Gasteiger partial charge in [-0.1, -0.05) is 60.7 Å².